The van der Waals surface area contributed by atoms with Gasteiger partial charge in [-0.3, -0.25) is 0 Å². The second-order valence-corrected chi connectivity index (χ2v) is 5.14. The fourth-order valence-corrected chi connectivity index (χ4v) is 2.92. The van der Waals surface area contributed by atoms with Crippen LogP contribution in [0.1, 0.15) is 5.82 Å². The lowest BCUT2D eigenvalue weighted by molar-refractivity contribution is 0.122. The number of fused-ring (bicyclic) bond motifs is 1. The molecule has 0 unspecified atom stereocenters. The van der Waals surface area contributed by atoms with Crippen molar-refractivity contribution in [2.24, 2.45) is 0 Å². The summed E-state index contributed by atoms with van der Waals surface area (Å²) < 4.78 is 6.44. The zero-order chi connectivity index (χ0) is 11.8. The Morgan fingerprint density at radius 1 is 1.35 bits per heavy atom. The molecule has 6 heteroatoms. The molecule has 3 heterocycles. The van der Waals surface area contributed by atoms with Crippen LogP contribution in [0.25, 0.3) is 10.2 Å². The monoisotopic (exact) mass is 250 g/mol. The normalized spacial score (nSPS) is 16.6. The predicted molar refractivity (Wildman–Crippen MR) is 69.6 cm³/mol. The van der Waals surface area contributed by atoms with Crippen molar-refractivity contribution in [2.45, 2.75) is 6.92 Å². The molecule has 0 spiro atoms. The van der Waals surface area contributed by atoms with E-state index < -0.39 is 0 Å². The van der Waals surface area contributed by atoms with Crippen LogP contribution in [0.5, 0.6) is 0 Å². The molecule has 1 fully saturated rings. The summed E-state index contributed by atoms with van der Waals surface area (Å²) in [6, 6.07) is 1.92. The number of thiophene rings is 1. The van der Waals surface area contributed by atoms with E-state index in [0.29, 0.717) is 0 Å². The third-order valence-electron chi connectivity index (χ3n) is 2.80. The first-order valence-electron chi connectivity index (χ1n) is 5.60. The SMILES string of the molecule is Cc1nc(N2CCOCC2)c2sc(N)cc2n1. The van der Waals surface area contributed by atoms with Crippen LogP contribution in [0.3, 0.4) is 0 Å². The Bertz CT molecular complexity index is 548. The van der Waals surface area contributed by atoms with Gasteiger partial charge in [-0.05, 0) is 13.0 Å². The first kappa shape index (κ1) is 10.7. The van der Waals surface area contributed by atoms with Gasteiger partial charge >= 0.3 is 0 Å². The average Bonchev–Trinajstić information content (AvgIpc) is 2.69. The fraction of sp³-hybridized carbons (Fsp3) is 0.455. The van der Waals surface area contributed by atoms with E-state index in [4.69, 9.17) is 10.5 Å². The van der Waals surface area contributed by atoms with E-state index in [-0.39, 0.29) is 0 Å². The summed E-state index contributed by atoms with van der Waals surface area (Å²) in [6.45, 7) is 5.18. The molecule has 90 valence electrons. The predicted octanol–water partition coefficient (Wildman–Crippen LogP) is 1.42. The second kappa shape index (κ2) is 4.12. The summed E-state index contributed by atoms with van der Waals surface area (Å²) in [5.41, 5.74) is 6.79. The Morgan fingerprint density at radius 3 is 2.88 bits per heavy atom. The molecule has 1 saturated heterocycles. The van der Waals surface area contributed by atoms with E-state index in [1.54, 1.807) is 11.3 Å². The summed E-state index contributed by atoms with van der Waals surface area (Å²) >= 11 is 1.55. The van der Waals surface area contributed by atoms with Gasteiger partial charge in [0.25, 0.3) is 0 Å². The molecule has 2 aromatic rings. The largest absolute Gasteiger partial charge is 0.391 e. The Labute approximate surface area is 103 Å². The molecule has 0 radical (unpaired) electrons. The van der Waals surface area contributed by atoms with Crippen molar-refractivity contribution in [3.63, 3.8) is 0 Å². The lowest BCUT2D eigenvalue weighted by atomic mass is 10.3. The van der Waals surface area contributed by atoms with Gasteiger partial charge in [-0.15, -0.1) is 11.3 Å². The molecule has 2 aromatic heterocycles. The molecule has 1 aliphatic heterocycles. The molecule has 0 bridgehead atoms. The topological polar surface area (TPSA) is 64.3 Å². The Kier molecular flexibility index (Phi) is 2.60. The molecule has 17 heavy (non-hydrogen) atoms. The molecule has 0 saturated carbocycles. The summed E-state index contributed by atoms with van der Waals surface area (Å²) in [4.78, 5) is 11.2. The minimum absolute atomic E-state index is 0.755. The Hall–Kier alpha value is -1.40. The number of aromatic nitrogens is 2. The molecular weight excluding hydrogens is 236 g/mol. The van der Waals surface area contributed by atoms with Crippen LogP contribution in [0.15, 0.2) is 6.07 Å². The number of morpholine rings is 1. The van der Waals surface area contributed by atoms with Gasteiger partial charge in [0.2, 0.25) is 0 Å². The summed E-state index contributed by atoms with van der Waals surface area (Å²) in [5.74, 6) is 1.79. The highest BCUT2D eigenvalue weighted by Gasteiger charge is 2.18. The molecule has 0 atom stereocenters. The molecular formula is C11H14N4OS. The van der Waals surface area contributed by atoms with E-state index in [9.17, 15) is 0 Å². The molecule has 0 aliphatic carbocycles. The van der Waals surface area contributed by atoms with Gasteiger partial charge in [0.15, 0.2) is 5.82 Å². The number of aryl methyl sites for hydroxylation is 1. The first-order valence-corrected chi connectivity index (χ1v) is 6.42. The molecule has 2 N–H and O–H groups in total. The standard InChI is InChI=1S/C11H14N4OS/c1-7-13-8-6-9(12)17-10(8)11(14-7)15-2-4-16-5-3-15/h6H,2-5,12H2,1H3. The smallest absolute Gasteiger partial charge is 0.150 e. The van der Waals surface area contributed by atoms with Crippen molar-refractivity contribution in [2.75, 3.05) is 36.9 Å². The fourth-order valence-electron chi connectivity index (χ4n) is 2.04. The Morgan fingerprint density at radius 2 is 2.12 bits per heavy atom. The number of nitrogens with two attached hydrogens (primary N) is 1. The molecule has 0 amide bonds. The van der Waals surface area contributed by atoms with Gasteiger partial charge in [0, 0.05) is 13.1 Å². The van der Waals surface area contributed by atoms with E-state index >= 15 is 0 Å². The quantitative estimate of drug-likeness (QED) is 0.829. The van der Waals surface area contributed by atoms with Crippen LogP contribution < -0.4 is 10.6 Å². The lowest BCUT2D eigenvalue weighted by Gasteiger charge is -2.28. The minimum atomic E-state index is 0.755. The molecule has 5 nitrogen and oxygen atoms in total. The van der Waals surface area contributed by atoms with Crippen molar-refractivity contribution >= 4 is 32.4 Å². The lowest BCUT2D eigenvalue weighted by Crippen LogP contribution is -2.36. The highest BCUT2D eigenvalue weighted by atomic mass is 32.1. The third kappa shape index (κ3) is 1.94. The third-order valence-corrected chi connectivity index (χ3v) is 3.74. The van der Waals surface area contributed by atoms with Crippen molar-refractivity contribution in [1.82, 2.24) is 9.97 Å². The maximum absolute atomic E-state index is 5.85. The van der Waals surface area contributed by atoms with Crippen LogP contribution in [-0.2, 0) is 4.74 Å². The van der Waals surface area contributed by atoms with Crippen molar-refractivity contribution in [3.05, 3.63) is 11.9 Å². The maximum Gasteiger partial charge on any atom is 0.150 e. The Balaban J connectivity index is 2.12. The van der Waals surface area contributed by atoms with Crippen LogP contribution in [-0.4, -0.2) is 36.3 Å². The van der Waals surface area contributed by atoms with Crippen LogP contribution in [0.4, 0.5) is 10.8 Å². The van der Waals surface area contributed by atoms with Crippen molar-refractivity contribution in [3.8, 4) is 0 Å². The van der Waals surface area contributed by atoms with Gasteiger partial charge in [-0.25, -0.2) is 9.97 Å². The zero-order valence-corrected chi connectivity index (χ0v) is 10.5. The van der Waals surface area contributed by atoms with E-state index in [1.165, 1.54) is 0 Å². The highest BCUT2D eigenvalue weighted by Crippen LogP contribution is 2.33. The molecule has 0 aromatic carbocycles. The van der Waals surface area contributed by atoms with Crippen LogP contribution in [0.2, 0.25) is 0 Å². The molecule has 1 aliphatic rings. The van der Waals surface area contributed by atoms with Crippen molar-refractivity contribution < 1.29 is 4.74 Å². The van der Waals surface area contributed by atoms with Gasteiger partial charge in [-0.1, -0.05) is 0 Å². The van der Waals surface area contributed by atoms with Crippen LogP contribution >= 0.6 is 11.3 Å². The number of nitrogens with zero attached hydrogens (tertiary/aromatic N) is 3. The van der Waals surface area contributed by atoms with Gasteiger partial charge in [-0.2, -0.15) is 0 Å². The highest BCUT2D eigenvalue weighted by molar-refractivity contribution is 7.23. The number of nitrogen functional groups attached to an aromatic ring is 1. The van der Waals surface area contributed by atoms with Gasteiger partial charge < -0.3 is 15.4 Å². The maximum atomic E-state index is 5.85. The summed E-state index contributed by atoms with van der Waals surface area (Å²) in [5, 5.41) is 0.786. The van der Waals surface area contributed by atoms with Crippen molar-refractivity contribution in [1.29, 1.82) is 0 Å². The number of rotatable bonds is 1. The minimum Gasteiger partial charge on any atom is -0.391 e. The van der Waals surface area contributed by atoms with E-state index in [1.807, 2.05) is 13.0 Å². The summed E-state index contributed by atoms with van der Waals surface area (Å²) in [7, 11) is 0. The van der Waals surface area contributed by atoms with Gasteiger partial charge in [0.1, 0.15) is 5.82 Å². The number of hydrogen-bond donors (Lipinski definition) is 1. The number of ether oxygens (including phenoxy) is 1. The van der Waals surface area contributed by atoms with Gasteiger partial charge in [0.05, 0.1) is 28.4 Å². The zero-order valence-electron chi connectivity index (χ0n) is 9.64. The summed E-state index contributed by atoms with van der Waals surface area (Å²) in [6.07, 6.45) is 0. The number of hydrogen-bond acceptors (Lipinski definition) is 6. The molecule has 3 rings (SSSR count). The van der Waals surface area contributed by atoms with Crippen LogP contribution in [0, 0.1) is 6.92 Å². The average molecular weight is 250 g/mol. The van der Waals surface area contributed by atoms with E-state index in [2.05, 4.69) is 14.9 Å². The first-order chi connectivity index (χ1) is 8.24. The second-order valence-electron chi connectivity index (χ2n) is 4.06. The van der Waals surface area contributed by atoms with E-state index in [0.717, 1.165) is 53.2 Å². The number of anilines is 2.